The Hall–Kier alpha value is -4.24. The normalized spacial score (nSPS) is 11.8. The van der Waals surface area contributed by atoms with Gasteiger partial charge in [-0.15, -0.1) is 0 Å². The van der Waals surface area contributed by atoms with Gasteiger partial charge in [-0.3, -0.25) is 9.48 Å². The van der Waals surface area contributed by atoms with Crippen molar-refractivity contribution >= 4 is 40.1 Å². The first-order valence-corrected chi connectivity index (χ1v) is 11.6. The molecule has 186 valence electrons. The second kappa shape index (κ2) is 10.6. The van der Waals surface area contributed by atoms with E-state index in [2.05, 4.69) is 15.7 Å². The number of nitrogens with zero attached hydrogens (tertiary/aromatic N) is 2. The van der Waals surface area contributed by atoms with Crippen molar-refractivity contribution in [1.29, 1.82) is 0 Å². The van der Waals surface area contributed by atoms with Gasteiger partial charge in [0.2, 0.25) is 0 Å². The summed E-state index contributed by atoms with van der Waals surface area (Å²) in [5.74, 6) is -1.24. The van der Waals surface area contributed by atoms with Crippen molar-refractivity contribution in [3.63, 3.8) is 0 Å². The van der Waals surface area contributed by atoms with Crippen molar-refractivity contribution in [3.8, 4) is 11.5 Å². The fraction of sp³-hybridized carbons (Fsp3) is 0.192. The molecule has 4 aromatic rings. The molecule has 0 bridgehead atoms. The molecule has 1 heterocycles. The summed E-state index contributed by atoms with van der Waals surface area (Å²) in [5, 5.41) is 30.8. The molecule has 0 radical (unpaired) electrons. The molecule has 9 nitrogen and oxygen atoms in total. The number of methoxy groups -OCH3 is 1. The molecule has 4 N–H and O–H groups in total. The Morgan fingerprint density at radius 2 is 1.89 bits per heavy atom. The van der Waals surface area contributed by atoms with Crippen LogP contribution in [0.2, 0.25) is 5.02 Å². The van der Waals surface area contributed by atoms with Crippen molar-refractivity contribution in [2.24, 2.45) is 0 Å². The predicted molar refractivity (Wildman–Crippen MR) is 137 cm³/mol. The van der Waals surface area contributed by atoms with Gasteiger partial charge in [0, 0.05) is 18.5 Å². The average Bonchev–Trinajstić information content (AvgIpc) is 3.29. The van der Waals surface area contributed by atoms with Crippen LogP contribution in [0.4, 0.5) is 5.69 Å². The number of phenols is 1. The maximum Gasteiger partial charge on any atom is 0.330 e. The van der Waals surface area contributed by atoms with E-state index in [0.29, 0.717) is 35.1 Å². The highest BCUT2D eigenvalue weighted by Gasteiger charge is 2.25. The van der Waals surface area contributed by atoms with Crippen LogP contribution in [0.3, 0.4) is 0 Å². The Labute approximate surface area is 212 Å². The molecule has 0 saturated heterocycles. The van der Waals surface area contributed by atoms with Crippen LogP contribution in [0.1, 0.15) is 34.5 Å². The number of aliphatic carboxylic acids is 1. The Kier molecular flexibility index (Phi) is 7.30. The number of fused-ring (bicyclic) bond motifs is 1. The van der Waals surface area contributed by atoms with E-state index in [1.54, 1.807) is 37.6 Å². The van der Waals surface area contributed by atoms with E-state index in [0.717, 1.165) is 16.5 Å². The van der Waals surface area contributed by atoms with Crippen LogP contribution < -0.4 is 15.4 Å². The molecule has 1 aromatic heterocycles. The molecule has 0 spiro atoms. The Bertz CT molecular complexity index is 1420. The van der Waals surface area contributed by atoms with Gasteiger partial charge in [-0.1, -0.05) is 29.8 Å². The highest BCUT2D eigenvalue weighted by Crippen LogP contribution is 2.30. The molecule has 0 aliphatic carbocycles. The third kappa shape index (κ3) is 5.06. The molecule has 0 aliphatic rings. The Morgan fingerprint density at radius 1 is 1.14 bits per heavy atom. The lowest BCUT2D eigenvalue weighted by molar-refractivity contribution is -0.139. The summed E-state index contributed by atoms with van der Waals surface area (Å²) in [6, 6.07) is 13.2. The van der Waals surface area contributed by atoms with Crippen molar-refractivity contribution in [3.05, 3.63) is 82.5 Å². The number of rotatable bonds is 9. The van der Waals surface area contributed by atoms with Crippen molar-refractivity contribution in [2.45, 2.75) is 26.1 Å². The first-order valence-electron chi connectivity index (χ1n) is 11.2. The summed E-state index contributed by atoms with van der Waals surface area (Å²) < 4.78 is 7.02. The summed E-state index contributed by atoms with van der Waals surface area (Å²) >= 11 is 6.26. The van der Waals surface area contributed by atoms with Crippen LogP contribution in [-0.4, -0.2) is 39.0 Å². The van der Waals surface area contributed by atoms with E-state index in [9.17, 15) is 19.8 Å². The van der Waals surface area contributed by atoms with Crippen molar-refractivity contribution in [2.75, 3.05) is 12.4 Å². The van der Waals surface area contributed by atoms with Crippen LogP contribution in [0, 0.1) is 0 Å². The molecule has 36 heavy (non-hydrogen) atoms. The molecule has 3 aromatic carbocycles. The number of phenolic OH excluding ortho intramolecular Hbond substituents is 1. The number of hydrogen-bond donors (Lipinski definition) is 4. The number of aromatic hydroxyl groups is 1. The monoisotopic (exact) mass is 508 g/mol. The summed E-state index contributed by atoms with van der Waals surface area (Å²) in [6.45, 7) is 2.96. The second-order valence-corrected chi connectivity index (χ2v) is 8.45. The number of amides is 1. The smallest absolute Gasteiger partial charge is 0.330 e. The maximum absolute atomic E-state index is 13.4. The van der Waals surface area contributed by atoms with Gasteiger partial charge >= 0.3 is 5.97 Å². The van der Waals surface area contributed by atoms with Crippen LogP contribution >= 0.6 is 11.6 Å². The number of carboxylic acids is 1. The van der Waals surface area contributed by atoms with E-state index in [4.69, 9.17) is 16.3 Å². The zero-order chi connectivity index (χ0) is 25.8. The summed E-state index contributed by atoms with van der Waals surface area (Å²) in [6.07, 6.45) is 1.67. The van der Waals surface area contributed by atoms with E-state index in [1.807, 2.05) is 17.7 Å². The highest BCUT2D eigenvalue weighted by atomic mass is 35.5. The molecular weight excluding hydrogens is 484 g/mol. The molecule has 10 heteroatoms. The molecule has 0 aliphatic heterocycles. The van der Waals surface area contributed by atoms with Gasteiger partial charge in [-0.05, 0) is 54.4 Å². The molecule has 4 rings (SSSR count). The summed E-state index contributed by atoms with van der Waals surface area (Å²) in [7, 11) is 1.54. The third-order valence-electron chi connectivity index (χ3n) is 5.81. The SMILES string of the molecule is CCn1ncc2c(NCc3ccc(OC)c(Cl)c3)c(C(=O)NC(C(=O)O)c3ccc(O)cc3)ccc21. The maximum atomic E-state index is 13.4. The fourth-order valence-corrected chi connectivity index (χ4v) is 4.24. The van der Waals surface area contributed by atoms with Crippen LogP contribution in [0.15, 0.2) is 60.8 Å². The lowest BCUT2D eigenvalue weighted by Gasteiger charge is -2.18. The minimum Gasteiger partial charge on any atom is -0.508 e. The van der Waals surface area contributed by atoms with E-state index in [1.165, 1.54) is 24.3 Å². The minimum atomic E-state index is -1.31. The van der Waals surface area contributed by atoms with Gasteiger partial charge in [0.05, 0.1) is 35.1 Å². The molecular formula is C26H25ClN4O5. The number of aryl methyl sites for hydroxylation is 1. The number of ether oxygens (including phenoxy) is 1. The van der Waals surface area contributed by atoms with Gasteiger partial charge in [-0.2, -0.15) is 5.10 Å². The molecule has 1 amide bonds. The Morgan fingerprint density at radius 3 is 2.53 bits per heavy atom. The molecule has 0 saturated carbocycles. The molecule has 1 atom stereocenters. The predicted octanol–water partition coefficient (Wildman–Crippen LogP) is 4.59. The zero-order valence-corrected chi connectivity index (χ0v) is 20.4. The van der Waals surface area contributed by atoms with Crippen LogP contribution in [0.5, 0.6) is 11.5 Å². The van der Waals surface area contributed by atoms with Crippen molar-refractivity contribution in [1.82, 2.24) is 15.1 Å². The third-order valence-corrected chi connectivity index (χ3v) is 6.10. The standard InChI is InChI=1S/C26H25ClN4O5/c1-3-31-21-10-9-18(25(33)30-23(26(34)35)16-5-7-17(32)8-6-16)24(19(21)14-29-31)28-13-15-4-11-22(36-2)20(27)12-15/h4-12,14,23,28,32H,3,13H2,1-2H3,(H,30,33)(H,34,35). The molecule has 0 fully saturated rings. The lowest BCUT2D eigenvalue weighted by Crippen LogP contribution is -2.34. The van der Waals surface area contributed by atoms with Gasteiger partial charge in [0.15, 0.2) is 6.04 Å². The number of nitrogens with one attached hydrogen (secondary N) is 2. The average molecular weight is 509 g/mol. The second-order valence-electron chi connectivity index (χ2n) is 8.04. The van der Waals surface area contributed by atoms with Gasteiger partial charge in [0.25, 0.3) is 5.91 Å². The number of halogens is 1. The first kappa shape index (κ1) is 24.9. The molecule has 1 unspecified atom stereocenters. The summed E-state index contributed by atoms with van der Waals surface area (Å²) in [5.41, 5.74) is 2.81. The van der Waals surface area contributed by atoms with Crippen molar-refractivity contribution < 1.29 is 24.5 Å². The Balaban J connectivity index is 1.68. The lowest BCUT2D eigenvalue weighted by atomic mass is 10.0. The van der Waals surface area contributed by atoms with Crippen LogP contribution in [-0.2, 0) is 17.9 Å². The largest absolute Gasteiger partial charge is 0.508 e. The highest BCUT2D eigenvalue weighted by molar-refractivity contribution is 6.32. The van der Waals surface area contributed by atoms with E-state index >= 15 is 0 Å². The number of benzene rings is 3. The number of carbonyl (C=O) groups excluding carboxylic acids is 1. The summed E-state index contributed by atoms with van der Waals surface area (Å²) in [4.78, 5) is 25.3. The fourth-order valence-electron chi connectivity index (χ4n) is 3.96. The van der Waals surface area contributed by atoms with Crippen LogP contribution in [0.25, 0.3) is 10.9 Å². The topological polar surface area (TPSA) is 126 Å². The van der Waals surface area contributed by atoms with Gasteiger partial charge < -0.3 is 25.6 Å². The number of carboxylic acid groups (broad SMARTS) is 1. The number of carbonyl (C=O) groups is 2. The first-order chi connectivity index (χ1) is 17.3. The van der Waals surface area contributed by atoms with Gasteiger partial charge in [0.1, 0.15) is 11.5 Å². The van der Waals surface area contributed by atoms with E-state index in [-0.39, 0.29) is 11.3 Å². The number of anilines is 1. The number of hydrogen-bond acceptors (Lipinski definition) is 6. The quantitative estimate of drug-likeness (QED) is 0.260. The minimum absolute atomic E-state index is 0.00211. The van der Waals surface area contributed by atoms with Gasteiger partial charge in [-0.25, -0.2) is 4.79 Å². The zero-order valence-electron chi connectivity index (χ0n) is 19.7. The van der Waals surface area contributed by atoms with E-state index < -0.39 is 17.9 Å². The number of aromatic nitrogens is 2.